The molecule has 2 aromatic rings. The third-order valence-electron chi connectivity index (χ3n) is 2.74. The van der Waals surface area contributed by atoms with Crippen molar-refractivity contribution in [2.24, 2.45) is 0 Å². The number of benzene rings is 2. The molecule has 4 nitrogen and oxygen atoms in total. The van der Waals surface area contributed by atoms with E-state index in [4.69, 9.17) is 17.3 Å². The summed E-state index contributed by atoms with van der Waals surface area (Å²) in [5, 5.41) is 0.320. The molecule has 2 aromatic carbocycles. The number of anilines is 2. The summed E-state index contributed by atoms with van der Waals surface area (Å²) in [5.41, 5.74) is 5.96. The zero-order valence-corrected chi connectivity index (χ0v) is 12.1. The molecule has 0 aliphatic rings. The molecule has 0 aromatic heterocycles. The van der Waals surface area contributed by atoms with Gasteiger partial charge < -0.3 is 5.73 Å². The van der Waals surface area contributed by atoms with Crippen molar-refractivity contribution in [2.75, 3.05) is 10.5 Å². The van der Waals surface area contributed by atoms with Crippen molar-refractivity contribution in [2.45, 2.75) is 11.8 Å². The first kappa shape index (κ1) is 14.6. The quantitative estimate of drug-likeness (QED) is 0.855. The van der Waals surface area contributed by atoms with Crippen molar-refractivity contribution in [1.29, 1.82) is 0 Å². The fourth-order valence-corrected chi connectivity index (χ4v) is 3.26. The van der Waals surface area contributed by atoms with Gasteiger partial charge in [-0.3, -0.25) is 4.72 Å². The minimum atomic E-state index is -3.94. The third-order valence-corrected chi connectivity index (χ3v) is 4.66. The number of nitrogen functional groups attached to an aromatic ring is 1. The number of nitrogens with one attached hydrogen (secondary N) is 1. The van der Waals surface area contributed by atoms with Gasteiger partial charge in [0.2, 0.25) is 0 Å². The summed E-state index contributed by atoms with van der Waals surface area (Å²) in [4.78, 5) is -0.00757. The van der Waals surface area contributed by atoms with Crippen LogP contribution in [0, 0.1) is 12.7 Å². The maximum absolute atomic E-state index is 13.6. The van der Waals surface area contributed by atoms with E-state index >= 15 is 0 Å². The summed E-state index contributed by atoms with van der Waals surface area (Å²) in [6, 6.07) is 8.15. The normalized spacial score (nSPS) is 11.3. The van der Waals surface area contributed by atoms with Gasteiger partial charge in [0.15, 0.2) is 0 Å². The zero-order chi connectivity index (χ0) is 14.9. The molecule has 106 valence electrons. The zero-order valence-electron chi connectivity index (χ0n) is 10.5. The van der Waals surface area contributed by atoms with Crippen molar-refractivity contribution in [3.05, 3.63) is 52.8 Å². The molecule has 0 unspecified atom stereocenters. The van der Waals surface area contributed by atoms with Crippen LogP contribution in [-0.4, -0.2) is 8.42 Å². The lowest BCUT2D eigenvalue weighted by molar-refractivity contribution is 0.598. The molecule has 2 rings (SSSR count). The molecule has 7 heteroatoms. The highest BCUT2D eigenvalue weighted by Gasteiger charge is 2.19. The number of sulfonamides is 1. The maximum Gasteiger partial charge on any atom is 0.262 e. The molecule has 0 bridgehead atoms. The van der Waals surface area contributed by atoms with Crippen molar-refractivity contribution in [3.63, 3.8) is 0 Å². The Morgan fingerprint density at radius 2 is 1.95 bits per heavy atom. The van der Waals surface area contributed by atoms with E-state index in [0.29, 0.717) is 10.6 Å². The van der Waals surface area contributed by atoms with Gasteiger partial charge in [-0.05, 0) is 42.8 Å². The summed E-state index contributed by atoms with van der Waals surface area (Å²) in [6.07, 6.45) is 0. The van der Waals surface area contributed by atoms with Gasteiger partial charge in [0.25, 0.3) is 10.0 Å². The SMILES string of the molecule is Cc1c(Cl)cccc1S(=O)(=O)Nc1cc(N)ccc1F. The Labute approximate surface area is 121 Å². The maximum atomic E-state index is 13.6. The molecular weight excluding hydrogens is 303 g/mol. The van der Waals surface area contributed by atoms with E-state index in [1.54, 1.807) is 13.0 Å². The Balaban J connectivity index is 2.46. The molecule has 0 fully saturated rings. The van der Waals surface area contributed by atoms with Gasteiger partial charge in [0.1, 0.15) is 5.82 Å². The lowest BCUT2D eigenvalue weighted by Gasteiger charge is -2.12. The summed E-state index contributed by atoms with van der Waals surface area (Å²) in [7, 11) is -3.94. The first-order chi connectivity index (χ1) is 9.31. The number of hydrogen-bond acceptors (Lipinski definition) is 3. The van der Waals surface area contributed by atoms with E-state index in [1.165, 1.54) is 24.3 Å². The van der Waals surface area contributed by atoms with Crippen LogP contribution < -0.4 is 10.5 Å². The third kappa shape index (κ3) is 2.86. The largest absolute Gasteiger partial charge is 0.399 e. The summed E-state index contributed by atoms with van der Waals surface area (Å²) in [6.45, 7) is 1.58. The van der Waals surface area contributed by atoms with E-state index in [-0.39, 0.29) is 16.3 Å². The van der Waals surface area contributed by atoms with E-state index in [2.05, 4.69) is 4.72 Å². The molecule has 0 spiro atoms. The Bertz CT molecular complexity index is 763. The van der Waals surface area contributed by atoms with Gasteiger partial charge in [-0.1, -0.05) is 17.7 Å². The van der Waals surface area contributed by atoms with E-state index < -0.39 is 15.8 Å². The highest BCUT2D eigenvalue weighted by Crippen LogP contribution is 2.26. The van der Waals surface area contributed by atoms with Crippen LogP contribution in [0.1, 0.15) is 5.56 Å². The fraction of sp³-hybridized carbons (Fsp3) is 0.0769. The molecule has 0 saturated carbocycles. The average molecular weight is 315 g/mol. The van der Waals surface area contributed by atoms with Crippen LogP contribution in [0.25, 0.3) is 0 Å². The van der Waals surface area contributed by atoms with Crippen LogP contribution in [0.15, 0.2) is 41.3 Å². The van der Waals surface area contributed by atoms with Crippen molar-refractivity contribution in [1.82, 2.24) is 0 Å². The minimum absolute atomic E-state index is 0.00757. The molecule has 0 saturated heterocycles. The first-order valence-corrected chi connectivity index (χ1v) is 7.50. The Hall–Kier alpha value is -1.79. The summed E-state index contributed by atoms with van der Waals surface area (Å²) in [5.74, 6) is -0.706. The topological polar surface area (TPSA) is 72.2 Å². The number of rotatable bonds is 3. The van der Waals surface area contributed by atoms with Crippen LogP contribution in [0.4, 0.5) is 15.8 Å². The van der Waals surface area contributed by atoms with Crippen LogP contribution in [0.5, 0.6) is 0 Å². The predicted octanol–water partition coefficient (Wildman–Crippen LogP) is 3.17. The monoisotopic (exact) mass is 314 g/mol. The molecule has 0 aliphatic carbocycles. The van der Waals surface area contributed by atoms with Crippen LogP contribution >= 0.6 is 11.6 Å². The van der Waals surface area contributed by atoms with Crippen LogP contribution in [0.2, 0.25) is 5.02 Å². The lowest BCUT2D eigenvalue weighted by atomic mass is 10.2. The number of nitrogens with two attached hydrogens (primary N) is 1. The Morgan fingerprint density at radius 1 is 1.25 bits per heavy atom. The predicted molar refractivity (Wildman–Crippen MR) is 77.8 cm³/mol. The van der Waals surface area contributed by atoms with Crippen LogP contribution in [0.3, 0.4) is 0 Å². The Kier molecular flexibility index (Phi) is 3.87. The van der Waals surface area contributed by atoms with Crippen molar-refractivity contribution >= 4 is 33.0 Å². The van der Waals surface area contributed by atoms with Gasteiger partial charge in [0.05, 0.1) is 10.6 Å². The average Bonchev–Trinajstić information content (AvgIpc) is 2.36. The van der Waals surface area contributed by atoms with Gasteiger partial charge in [-0.15, -0.1) is 0 Å². The van der Waals surface area contributed by atoms with Gasteiger partial charge >= 0.3 is 0 Å². The molecular formula is C13H12ClFN2O2S. The second kappa shape index (κ2) is 5.30. The second-order valence-electron chi connectivity index (χ2n) is 4.21. The molecule has 3 N–H and O–H groups in total. The smallest absolute Gasteiger partial charge is 0.262 e. The number of hydrogen-bond donors (Lipinski definition) is 2. The van der Waals surface area contributed by atoms with E-state index in [1.807, 2.05) is 0 Å². The van der Waals surface area contributed by atoms with Crippen molar-refractivity contribution in [3.8, 4) is 0 Å². The fourth-order valence-electron chi connectivity index (χ4n) is 1.70. The second-order valence-corrected chi connectivity index (χ2v) is 6.27. The standard InChI is InChI=1S/C13H12ClFN2O2S/c1-8-10(14)3-2-4-13(8)20(18,19)17-12-7-9(16)5-6-11(12)15/h2-7,17H,16H2,1H3. The molecule has 0 amide bonds. The van der Waals surface area contributed by atoms with Crippen molar-refractivity contribution < 1.29 is 12.8 Å². The molecule has 20 heavy (non-hydrogen) atoms. The van der Waals surface area contributed by atoms with Gasteiger partial charge in [0, 0.05) is 10.7 Å². The molecule has 0 atom stereocenters. The Morgan fingerprint density at radius 3 is 2.65 bits per heavy atom. The highest BCUT2D eigenvalue weighted by atomic mass is 35.5. The van der Waals surface area contributed by atoms with E-state index in [9.17, 15) is 12.8 Å². The van der Waals surface area contributed by atoms with E-state index in [0.717, 1.165) is 6.07 Å². The molecule has 0 aliphatic heterocycles. The number of halogens is 2. The molecule has 0 heterocycles. The first-order valence-electron chi connectivity index (χ1n) is 5.64. The summed E-state index contributed by atoms with van der Waals surface area (Å²) >= 11 is 5.89. The van der Waals surface area contributed by atoms with Gasteiger partial charge in [-0.2, -0.15) is 0 Å². The highest BCUT2D eigenvalue weighted by molar-refractivity contribution is 7.92. The summed E-state index contributed by atoms with van der Waals surface area (Å²) < 4.78 is 40.3. The van der Waals surface area contributed by atoms with Gasteiger partial charge in [-0.25, -0.2) is 12.8 Å². The lowest BCUT2D eigenvalue weighted by Crippen LogP contribution is -2.15. The minimum Gasteiger partial charge on any atom is -0.399 e. The molecule has 0 radical (unpaired) electrons. The van der Waals surface area contributed by atoms with Crippen LogP contribution in [-0.2, 0) is 10.0 Å².